The standard InChI is InChI=1S/C13H14N4OS/c1-7-8(2)10(18-3)5-4-9(7)12-15-13-17(16-12)11(14)6-19-13/h4-6H,14H2,1-3H3. The summed E-state index contributed by atoms with van der Waals surface area (Å²) in [7, 11) is 1.67. The highest BCUT2D eigenvalue weighted by molar-refractivity contribution is 7.15. The average Bonchev–Trinajstić information content (AvgIpc) is 2.95. The summed E-state index contributed by atoms with van der Waals surface area (Å²) < 4.78 is 6.98. The number of fused-ring (bicyclic) bond motifs is 1. The Morgan fingerprint density at radius 1 is 1.26 bits per heavy atom. The predicted octanol–water partition coefficient (Wildman–Crippen LogP) is 2.67. The molecule has 0 saturated carbocycles. The number of benzene rings is 1. The van der Waals surface area contributed by atoms with E-state index in [-0.39, 0.29) is 0 Å². The van der Waals surface area contributed by atoms with Crippen LogP contribution in [0.5, 0.6) is 5.75 Å². The molecular formula is C13H14N4OS. The number of hydrogen-bond acceptors (Lipinski definition) is 5. The lowest BCUT2D eigenvalue weighted by atomic mass is 10.0. The molecule has 0 radical (unpaired) electrons. The van der Waals surface area contributed by atoms with Gasteiger partial charge in [-0.2, -0.15) is 9.50 Å². The summed E-state index contributed by atoms with van der Waals surface area (Å²) in [6.45, 7) is 4.08. The van der Waals surface area contributed by atoms with Crippen molar-refractivity contribution in [2.75, 3.05) is 12.8 Å². The molecule has 2 aromatic heterocycles. The third-order valence-electron chi connectivity index (χ3n) is 3.31. The third-order valence-corrected chi connectivity index (χ3v) is 4.14. The summed E-state index contributed by atoms with van der Waals surface area (Å²) in [6.07, 6.45) is 0. The number of methoxy groups -OCH3 is 1. The molecule has 2 heterocycles. The van der Waals surface area contributed by atoms with Crippen molar-refractivity contribution < 1.29 is 4.74 Å². The smallest absolute Gasteiger partial charge is 0.214 e. The molecule has 0 atom stereocenters. The van der Waals surface area contributed by atoms with Crippen LogP contribution in [-0.2, 0) is 0 Å². The van der Waals surface area contributed by atoms with E-state index in [9.17, 15) is 0 Å². The maximum atomic E-state index is 5.83. The van der Waals surface area contributed by atoms with E-state index in [1.54, 1.807) is 11.6 Å². The summed E-state index contributed by atoms with van der Waals surface area (Å²) in [5.41, 5.74) is 9.06. The Balaban J connectivity index is 2.18. The fraction of sp³-hybridized carbons (Fsp3) is 0.231. The van der Waals surface area contributed by atoms with E-state index in [1.165, 1.54) is 11.3 Å². The third kappa shape index (κ3) is 1.76. The molecule has 0 fully saturated rings. The number of aromatic nitrogens is 3. The van der Waals surface area contributed by atoms with Crippen molar-refractivity contribution in [2.24, 2.45) is 0 Å². The first-order valence-electron chi connectivity index (χ1n) is 5.86. The van der Waals surface area contributed by atoms with Gasteiger partial charge in [0.2, 0.25) is 4.96 Å². The van der Waals surface area contributed by atoms with Crippen molar-refractivity contribution >= 4 is 22.1 Å². The van der Waals surface area contributed by atoms with Crippen molar-refractivity contribution in [3.63, 3.8) is 0 Å². The summed E-state index contributed by atoms with van der Waals surface area (Å²) >= 11 is 1.49. The zero-order chi connectivity index (χ0) is 13.6. The molecule has 3 rings (SSSR count). The molecule has 0 aliphatic carbocycles. The molecule has 1 aromatic carbocycles. The Hall–Kier alpha value is -2.08. The van der Waals surface area contributed by atoms with Crippen LogP contribution in [0.4, 0.5) is 5.82 Å². The van der Waals surface area contributed by atoms with E-state index in [2.05, 4.69) is 10.1 Å². The van der Waals surface area contributed by atoms with Crippen LogP contribution < -0.4 is 10.5 Å². The topological polar surface area (TPSA) is 65.4 Å². The molecule has 3 aromatic rings. The van der Waals surface area contributed by atoms with Gasteiger partial charge < -0.3 is 10.5 Å². The van der Waals surface area contributed by atoms with E-state index in [1.807, 2.05) is 31.4 Å². The highest BCUT2D eigenvalue weighted by Gasteiger charge is 2.14. The van der Waals surface area contributed by atoms with Gasteiger partial charge in [0, 0.05) is 10.9 Å². The first-order chi connectivity index (χ1) is 9.11. The molecule has 0 aliphatic rings. The number of nitrogens with two attached hydrogens (primary N) is 1. The Kier molecular flexibility index (Phi) is 2.67. The molecule has 0 saturated heterocycles. The van der Waals surface area contributed by atoms with Crippen LogP contribution in [0.1, 0.15) is 11.1 Å². The van der Waals surface area contributed by atoms with Crippen LogP contribution in [-0.4, -0.2) is 21.7 Å². The normalized spacial score (nSPS) is 11.1. The van der Waals surface area contributed by atoms with Crippen molar-refractivity contribution in [1.82, 2.24) is 14.6 Å². The van der Waals surface area contributed by atoms with Gasteiger partial charge in [0.25, 0.3) is 0 Å². The average molecular weight is 274 g/mol. The number of nitrogen functional groups attached to an aromatic ring is 1. The SMILES string of the molecule is COc1ccc(-c2nc3scc(N)n3n2)c(C)c1C. The zero-order valence-electron chi connectivity index (χ0n) is 11.0. The van der Waals surface area contributed by atoms with Gasteiger partial charge in [-0.05, 0) is 37.1 Å². The molecule has 2 N–H and O–H groups in total. The van der Waals surface area contributed by atoms with Gasteiger partial charge in [0.15, 0.2) is 5.82 Å². The second kappa shape index (κ2) is 4.24. The Bertz CT molecular complexity index is 759. The van der Waals surface area contributed by atoms with Crippen molar-refractivity contribution in [3.05, 3.63) is 28.6 Å². The van der Waals surface area contributed by atoms with E-state index >= 15 is 0 Å². The van der Waals surface area contributed by atoms with E-state index in [0.29, 0.717) is 11.6 Å². The van der Waals surface area contributed by atoms with Gasteiger partial charge in [-0.15, -0.1) is 16.4 Å². The molecule has 0 spiro atoms. The Morgan fingerprint density at radius 2 is 2.05 bits per heavy atom. The number of nitrogens with zero attached hydrogens (tertiary/aromatic N) is 3. The molecule has 98 valence electrons. The van der Waals surface area contributed by atoms with Gasteiger partial charge in [0.1, 0.15) is 11.6 Å². The van der Waals surface area contributed by atoms with Crippen LogP contribution in [0, 0.1) is 13.8 Å². The molecule has 0 unspecified atom stereocenters. The highest BCUT2D eigenvalue weighted by Crippen LogP contribution is 2.30. The fourth-order valence-electron chi connectivity index (χ4n) is 2.08. The second-order valence-corrected chi connectivity index (χ2v) is 5.19. The molecule has 19 heavy (non-hydrogen) atoms. The lowest BCUT2D eigenvalue weighted by molar-refractivity contribution is 0.411. The maximum absolute atomic E-state index is 5.83. The maximum Gasteiger partial charge on any atom is 0.214 e. The number of ether oxygens (including phenoxy) is 1. The first kappa shape index (κ1) is 12.0. The number of thiazole rings is 1. The van der Waals surface area contributed by atoms with Gasteiger partial charge >= 0.3 is 0 Å². The molecule has 0 amide bonds. The number of hydrogen-bond donors (Lipinski definition) is 1. The summed E-state index contributed by atoms with van der Waals surface area (Å²) in [4.78, 5) is 5.32. The summed E-state index contributed by atoms with van der Waals surface area (Å²) in [5, 5.41) is 6.29. The molecule has 6 heteroatoms. The van der Waals surface area contributed by atoms with Crippen LogP contribution in [0.3, 0.4) is 0 Å². The largest absolute Gasteiger partial charge is 0.496 e. The predicted molar refractivity (Wildman–Crippen MR) is 76.7 cm³/mol. The van der Waals surface area contributed by atoms with Crippen LogP contribution in [0.2, 0.25) is 0 Å². The number of anilines is 1. The van der Waals surface area contributed by atoms with Crippen molar-refractivity contribution in [1.29, 1.82) is 0 Å². The van der Waals surface area contributed by atoms with Gasteiger partial charge in [-0.25, -0.2) is 0 Å². The second-order valence-electron chi connectivity index (χ2n) is 4.36. The summed E-state index contributed by atoms with van der Waals surface area (Å²) in [6, 6.07) is 3.92. The minimum atomic E-state index is 0.613. The monoisotopic (exact) mass is 274 g/mol. The van der Waals surface area contributed by atoms with E-state index in [4.69, 9.17) is 10.5 Å². The minimum absolute atomic E-state index is 0.613. The Labute approximate surface area is 114 Å². The Morgan fingerprint density at radius 3 is 2.74 bits per heavy atom. The van der Waals surface area contributed by atoms with Crippen molar-refractivity contribution in [2.45, 2.75) is 13.8 Å². The fourth-order valence-corrected chi connectivity index (χ4v) is 2.79. The molecular weight excluding hydrogens is 260 g/mol. The van der Waals surface area contributed by atoms with Gasteiger partial charge in [-0.3, -0.25) is 0 Å². The van der Waals surface area contributed by atoms with E-state index < -0.39 is 0 Å². The van der Waals surface area contributed by atoms with Crippen LogP contribution in [0.25, 0.3) is 16.3 Å². The van der Waals surface area contributed by atoms with Crippen molar-refractivity contribution in [3.8, 4) is 17.1 Å². The number of rotatable bonds is 2. The minimum Gasteiger partial charge on any atom is -0.496 e. The quantitative estimate of drug-likeness (QED) is 0.780. The molecule has 0 bridgehead atoms. The van der Waals surface area contributed by atoms with E-state index in [0.717, 1.165) is 27.4 Å². The first-order valence-corrected chi connectivity index (χ1v) is 6.74. The molecule has 5 nitrogen and oxygen atoms in total. The van der Waals surface area contributed by atoms with Crippen LogP contribution >= 0.6 is 11.3 Å². The van der Waals surface area contributed by atoms with Gasteiger partial charge in [0.05, 0.1) is 7.11 Å². The van der Waals surface area contributed by atoms with Gasteiger partial charge in [-0.1, -0.05) is 0 Å². The summed E-state index contributed by atoms with van der Waals surface area (Å²) in [5.74, 6) is 2.19. The lowest BCUT2D eigenvalue weighted by Crippen LogP contribution is -1.95. The zero-order valence-corrected chi connectivity index (χ0v) is 11.8. The highest BCUT2D eigenvalue weighted by atomic mass is 32.1. The lowest BCUT2D eigenvalue weighted by Gasteiger charge is -2.10. The van der Waals surface area contributed by atoms with Crippen LogP contribution in [0.15, 0.2) is 17.5 Å². The molecule has 0 aliphatic heterocycles.